The lowest BCUT2D eigenvalue weighted by molar-refractivity contribution is -0.199. The highest BCUT2D eigenvalue weighted by Gasteiger charge is 2.59. The predicted molar refractivity (Wildman–Crippen MR) is 46.5 cm³/mol. The van der Waals surface area contributed by atoms with Crippen LogP contribution in [0.1, 0.15) is 25.7 Å². The maximum absolute atomic E-state index is 11.3. The Morgan fingerprint density at radius 3 is 2.86 bits per heavy atom. The van der Waals surface area contributed by atoms with Crippen LogP contribution in [0.3, 0.4) is 0 Å². The van der Waals surface area contributed by atoms with Crippen molar-refractivity contribution in [2.45, 2.75) is 37.6 Å². The first-order valence-electron chi connectivity index (χ1n) is 5.26. The molecule has 0 aromatic carbocycles. The van der Waals surface area contributed by atoms with E-state index < -0.39 is 5.60 Å². The summed E-state index contributed by atoms with van der Waals surface area (Å²) in [6, 6.07) is 0. The zero-order valence-electron chi connectivity index (χ0n) is 8.03. The molecule has 0 bridgehead atoms. The van der Waals surface area contributed by atoms with Crippen molar-refractivity contribution in [1.29, 1.82) is 0 Å². The summed E-state index contributed by atoms with van der Waals surface area (Å²) in [6.07, 6.45) is 3.31. The molecule has 3 rings (SSSR count). The van der Waals surface area contributed by atoms with Gasteiger partial charge in [-0.05, 0) is 19.3 Å². The molecule has 3 fully saturated rings. The van der Waals surface area contributed by atoms with Crippen LogP contribution in [0.5, 0.6) is 0 Å². The Kier molecular flexibility index (Phi) is 1.82. The predicted octanol–water partition coefficient (Wildman–Crippen LogP) is 0.845. The fraction of sp³-hybridized carbons (Fsp3) is 0.900. The van der Waals surface area contributed by atoms with E-state index >= 15 is 0 Å². The van der Waals surface area contributed by atoms with Gasteiger partial charge in [0.25, 0.3) is 0 Å². The second-order valence-electron chi connectivity index (χ2n) is 4.30. The van der Waals surface area contributed by atoms with E-state index in [1.165, 1.54) is 0 Å². The molecule has 14 heavy (non-hydrogen) atoms. The van der Waals surface area contributed by atoms with Crippen LogP contribution in [0.4, 0.5) is 0 Å². The average molecular weight is 198 g/mol. The van der Waals surface area contributed by atoms with Gasteiger partial charge in [0, 0.05) is 5.92 Å². The zero-order chi connectivity index (χ0) is 9.60. The van der Waals surface area contributed by atoms with Crippen molar-refractivity contribution in [2.75, 3.05) is 13.2 Å². The molecule has 1 aliphatic carbocycles. The van der Waals surface area contributed by atoms with Crippen molar-refractivity contribution in [1.82, 2.24) is 0 Å². The van der Waals surface area contributed by atoms with Crippen LogP contribution >= 0.6 is 0 Å². The molecule has 1 saturated carbocycles. The molecule has 2 unspecified atom stereocenters. The van der Waals surface area contributed by atoms with Gasteiger partial charge in [0.15, 0.2) is 11.9 Å². The van der Waals surface area contributed by atoms with Crippen molar-refractivity contribution >= 4 is 5.97 Å². The third-order valence-electron chi connectivity index (χ3n) is 3.55. The van der Waals surface area contributed by atoms with Crippen LogP contribution in [-0.4, -0.2) is 31.1 Å². The number of carbonyl (C=O) groups is 1. The molecule has 2 heterocycles. The van der Waals surface area contributed by atoms with E-state index in [2.05, 4.69) is 0 Å². The number of hydrogen-bond donors (Lipinski definition) is 0. The smallest absolute Gasteiger partial charge is 0.306 e. The quantitative estimate of drug-likeness (QED) is 0.586. The Morgan fingerprint density at radius 2 is 2.07 bits per heavy atom. The van der Waals surface area contributed by atoms with Gasteiger partial charge in [-0.25, -0.2) is 0 Å². The summed E-state index contributed by atoms with van der Waals surface area (Å²) in [4.78, 5) is 11.3. The molecule has 2 aliphatic heterocycles. The molecular formula is C10H14O4. The summed E-state index contributed by atoms with van der Waals surface area (Å²) < 4.78 is 16.4. The van der Waals surface area contributed by atoms with Crippen molar-refractivity contribution in [3.8, 4) is 0 Å². The first kappa shape index (κ1) is 8.68. The van der Waals surface area contributed by atoms with Gasteiger partial charge in [-0.1, -0.05) is 0 Å². The number of carbonyl (C=O) groups excluding carboxylic acids is 1. The van der Waals surface area contributed by atoms with E-state index in [-0.39, 0.29) is 12.3 Å². The highest BCUT2D eigenvalue weighted by atomic mass is 16.7. The van der Waals surface area contributed by atoms with Crippen LogP contribution in [0.2, 0.25) is 0 Å². The number of hydrogen-bond acceptors (Lipinski definition) is 4. The Labute approximate surface area is 82.5 Å². The standard InChI is InChI=1S/C10H14O4/c11-8-6-7-2-1-3-10(7,14-8)9-12-4-5-13-9/h7,9H,1-6H2. The third-order valence-corrected chi connectivity index (χ3v) is 3.55. The topological polar surface area (TPSA) is 44.8 Å². The number of fused-ring (bicyclic) bond motifs is 1. The van der Waals surface area contributed by atoms with Crippen LogP contribution in [0.15, 0.2) is 0 Å². The molecule has 78 valence electrons. The molecule has 2 atom stereocenters. The number of ether oxygens (including phenoxy) is 3. The molecular weight excluding hydrogens is 184 g/mol. The molecule has 0 aromatic rings. The van der Waals surface area contributed by atoms with E-state index in [1.54, 1.807) is 0 Å². The summed E-state index contributed by atoms with van der Waals surface area (Å²) in [7, 11) is 0. The molecule has 0 radical (unpaired) electrons. The van der Waals surface area contributed by atoms with Gasteiger partial charge in [0.05, 0.1) is 19.6 Å². The zero-order valence-corrected chi connectivity index (χ0v) is 8.03. The number of rotatable bonds is 1. The van der Waals surface area contributed by atoms with Gasteiger partial charge in [-0.2, -0.15) is 0 Å². The Morgan fingerprint density at radius 1 is 1.29 bits per heavy atom. The summed E-state index contributed by atoms with van der Waals surface area (Å²) in [5.74, 6) is 0.229. The summed E-state index contributed by atoms with van der Waals surface area (Å²) in [6.45, 7) is 1.24. The molecule has 3 aliphatic rings. The lowest BCUT2D eigenvalue weighted by Gasteiger charge is -2.31. The van der Waals surface area contributed by atoms with Gasteiger partial charge in [0.2, 0.25) is 0 Å². The Hall–Kier alpha value is -0.610. The van der Waals surface area contributed by atoms with Gasteiger partial charge in [-0.3, -0.25) is 4.79 Å². The highest BCUT2D eigenvalue weighted by molar-refractivity contribution is 5.73. The minimum atomic E-state index is -0.437. The minimum Gasteiger partial charge on any atom is -0.453 e. The number of esters is 1. The average Bonchev–Trinajstić information content (AvgIpc) is 2.74. The largest absolute Gasteiger partial charge is 0.453 e. The molecule has 4 heteroatoms. The van der Waals surface area contributed by atoms with Gasteiger partial charge < -0.3 is 14.2 Å². The van der Waals surface area contributed by atoms with Gasteiger partial charge in [0.1, 0.15) is 0 Å². The lowest BCUT2D eigenvalue weighted by Crippen LogP contribution is -2.44. The molecule has 2 saturated heterocycles. The summed E-state index contributed by atoms with van der Waals surface area (Å²) >= 11 is 0. The monoisotopic (exact) mass is 198 g/mol. The second kappa shape index (κ2) is 2.94. The minimum absolute atomic E-state index is 0.0891. The van der Waals surface area contributed by atoms with E-state index in [0.29, 0.717) is 25.6 Å². The molecule has 0 amide bonds. The SMILES string of the molecule is O=C1CC2CCCC2(C2OCCO2)O1. The van der Waals surface area contributed by atoms with Crippen molar-refractivity contribution in [3.63, 3.8) is 0 Å². The first-order chi connectivity index (χ1) is 6.81. The fourth-order valence-corrected chi connectivity index (χ4v) is 2.94. The van der Waals surface area contributed by atoms with Crippen LogP contribution in [0, 0.1) is 5.92 Å². The van der Waals surface area contributed by atoms with Crippen LogP contribution < -0.4 is 0 Å². The molecule has 0 aromatic heterocycles. The van der Waals surface area contributed by atoms with E-state index in [4.69, 9.17) is 14.2 Å². The summed E-state index contributed by atoms with van der Waals surface area (Å²) in [5.41, 5.74) is -0.437. The van der Waals surface area contributed by atoms with E-state index in [1.807, 2.05) is 0 Å². The summed E-state index contributed by atoms with van der Waals surface area (Å²) in [5, 5.41) is 0. The molecule has 0 spiro atoms. The van der Waals surface area contributed by atoms with Gasteiger partial charge in [-0.15, -0.1) is 0 Å². The van der Waals surface area contributed by atoms with Crippen molar-refractivity contribution in [3.05, 3.63) is 0 Å². The molecule has 4 nitrogen and oxygen atoms in total. The lowest BCUT2D eigenvalue weighted by atomic mass is 9.90. The normalized spacial score (nSPS) is 42.9. The highest BCUT2D eigenvalue weighted by Crippen LogP contribution is 2.49. The first-order valence-corrected chi connectivity index (χ1v) is 5.26. The Bertz CT molecular complexity index is 259. The van der Waals surface area contributed by atoms with Crippen LogP contribution in [0.25, 0.3) is 0 Å². The van der Waals surface area contributed by atoms with E-state index in [9.17, 15) is 4.79 Å². The molecule has 0 N–H and O–H groups in total. The van der Waals surface area contributed by atoms with Gasteiger partial charge >= 0.3 is 5.97 Å². The maximum atomic E-state index is 11.3. The third kappa shape index (κ3) is 1.04. The van der Waals surface area contributed by atoms with Crippen molar-refractivity contribution < 1.29 is 19.0 Å². The van der Waals surface area contributed by atoms with Crippen LogP contribution in [-0.2, 0) is 19.0 Å². The maximum Gasteiger partial charge on any atom is 0.306 e. The van der Waals surface area contributed by atoms with Crippen molar-refractivity contribution in [2.24, 2.45) is 5.92 Å². The fourth-order valence-electron chi connectivity index (χ4n) is 2.94. The Balaban J connectivity index is 1.88. The second-order valence-corrected chi connectivity index (χ2v) is 4.30. The van der Waals surface area contributed by atoms with E-state index in [0.717, 1.165) is 19.3 Å².